The van der Waals surface area contributed by atoms with Crippen molar-refractivity contribution in [3.8, 4) is 0 Å². The Bertz CT molecular complexity index is 527. The number of hydrogen-bond donors (Lipinski definition) is 0. The maximum atomic E-state index is 13.0. The number of benzene rings is 1. The molecular formula is C14H15ClFNO3. The number of Topliss-reactive ketones (excluding diaryl/α,β-unsaturated/α-hetero) is 1. The molecule has 1 fully saturated rings. The Kier molecular flexibility index (Phi) is 4.73. The van der Waals surface area contributed by atoms with Gasteiger partial charge in [-0.2, -0.15) is 0 Å². The van der Waals surface area contributed by atoms with Crippen molar-refractivity contribution in [3.63, 3.8) is 0 Å². The van der Waals surface area contributed by atoms with Gasteiger partial charge in [-0.15, -0.1) is 0 Å². The van der Waals surface area contributed by atoms with Crippen LogP contribution in [-0.4, -0.2) is 36.9 Å². The number of nitrogens with zero attached hydrogens (tertiary/aromatic N) is 1. The first-order valence-corrected chi connectivity index (χ1v) is 6.66. The maximum absolute atomic E-state index is 13.0. The molecule has 1 saturated heterocycles. The third-order valence-electron chi connectivity index (χ3n) is 3.40. The zero-order valence-electron chi connectivity index (χ0n) is 11.1. The lowest BCUT2D eigenvalue weighted by molar-refractivity contribution is -0.152. The van der Waals surface area contributed by atoms with Crippen LogP contribution in [0.15, 0.2) is 18.2 Å². The summed E-state index contributed by atoms with van der Waals surface area (Å²) in [6.45, 7) is 1.33. The van der Waals surface area contributed by atoms with E-state index in [2.05, 4.69) is 4.74 Å². The van der Waals surface area contributed by atoms with Gasteiger partial charge in [-0.05, 0) is 17.7 Å². The van der Waals surface area contributed by atoms with Gasteiger partial charge in [0.2, 0.25) is 0 Å². The summed E-state index contributed by atoms with van der Waals surface area (Å²) in [7, 11) is 1.27. The minimum Gasteiger partial charge on any atom is -0.468 e. The molecule has 0 N–H and O–H groups in total. The molecule has 0 spiro atoms. The molecule has 6 heteroatoms. The number of ether oxygens (including phenoxy) is 1. The lowest BCUT2D eigenvalue weighted by Crippen LogP contribution is -2.44. The van der Waals surface area contributed by atoms with Crippen LogP contribution in [0.25, 0.3) is 0 Å². The molecule has 0 saturated carbocycles. The van der Waals surface area contributed by atoms with Crippen molar-refractivity contribution in [1.82, 2.24) is 4.90 Å². The number of carbonyl (C=O) groups is 2. The number of esters is 1. The minimum absolute atomic E-state index is 0.0988. The zero-order valence-corrected chi connectivity index (χ0v) is 11.8. The van der Waals surface area contributed by atoms with Crippen LogP contribution in [0, 0.1) is 11.7 Å². The average Bonchev–Trinajstić information content (AvgIpc) is 2.43. The molecule has 0 aliphatic carbocycles. The van der Waals surface area contributed by atoms with E-state index in [0.29, 0.717) is 31.1 Å². The molecule has 2 rings (SSSR count). The highest BCUT2D eigenvalue weighted by atomic mass is 35.5. The summed E-state index contributed by atoms with van der Waals surface area (Å²) >= 11 is 5.98. The van der Waals surface area contributed by atoms with E-state index in [4.69, 9.17) is 11.6 Å². The van der Waals surface area contributed by atoms with Gasteiger partial charge in [-0.1, -0.05) is 17.7 Å². The highest BCUT2D eigenvalue weighted by molar-refractivity contribution is 6.31. The third-order valence-corrected chi connectivity index (χ3v) is 3.75. The van der Waals surface area contributed by atoms with Crippen LogP contribution in [0.3, 0.4) is 0 Å². The first-order chi connectivity index (χ1) is 9.51. The molecule has 1 aromatic carbocycles. The van der Waals surface area contributed by atoms with Crippen molar-refractivity contribution < 1.29 is 18.7 Å². The molecule has 1 aliphatic heterocycles. The minimum atomic E-state index is -0.743. The molecule has 0 radical (unpaired) electrons. The van der Waals surface area contributed by atoms with Crippen LogP contribution in [0.5, 0.6) is 0 Å². The number of rotatable bonds is 3. The standard InChI is InChI=1S/C14H15ClFNO3/c1-20-14(19)11-8-17(5-4-13(11)18)7-9-2-3-10(16)6-12(9)15/h2-3,6,11H,4-5,7-8H2,1H3. The van der Waals surface area contributed by atoms with Gasteiger partial charge in [-0.25, -0.2) is 4.39 Å². The fourth-order valence-electron chi connectivity index (χ4n) is 2.28. The maximum Gasteiger partial charge on any atom is 0.317 e. The molecular weight excluding hydrogens is 285 g/mol. The molecule has 0 amide bonds. The summed E-state index contributed by atoms with van der Waals surface area (Å²) in [5.74, 6) is -1.74. The highest BCUT2D eigenvalue weighted by Gasteiger charge is 2.33. The van der Waals surface area contributed by atoms with Gasteiger partial charge in [0.15, 0.2) is 0 Å². The Morgan fingerprint density at radius 3 is 2.95 bits per heavy atom. The Hall–Kier alpha value is -1.46. The smallest absolute Gasteiger partial charge is 0.317 e. The van der Waals surface area contributed by atoms with Gasteiger partial charge in [0.05, 0.1) is 7.11 Å². The average molecular weight is 300 g/mol. The SMILES string of the molecule is COC(=O)C1CN(Cc2ccc(F)cc2Cl)CCC1=O. The third kappa shape index (κ3) is 3.35. The summed E-state index contributed by atoms with van der Waals surface area (Å²) < 4.78 is 17.6. The van der Waals surface area contributed by atoms with Crippen molar-refractivity contribution in [1.29, 1.82) is 0 Å². The van der Waals surface area contributed by atoms with Gasteiger partial charge in [0.25, 0.3) is 0 Å². The van der Waals surface area contributed by atoms with Crippen LogP contribution < -0.4 is 0 Å². The number of halogens is 2. The molecule has 1 heterocycles. The van der Waals surface area contributed by atoms with E-state index in [1.54, 1.807) is 6.07 Å². The summed E-state index contributed by atoms with van der Waals surface area (Å²) in [6, 6.07) is 4.21. The van der Waals surface area contributed by atoms with E-state index < -0.39 is 11.9 Å². The summed E-state index contributed by atoms with van der Waals surface area (Å²) in [4.78, 5) is 25.2. The van der Waals surface area contributed by atoms with Crippen LogP contribution in [-0.2, 0) is 20.9 Å². The zero-order chi connectivity index (χ0) is 14.7. The predicted molar refractivity (Wildman–Crippen MR) is 71.8 cm³/mol. The molecule has 1 aliphatic rings. The predicted octanol–water partition coefficient (Wildman–Crippen LogP) is 2.04. The van der Waals surface area contributed by atoms with E-state index in [-0.39, 0.29) is 11.6 Å². The van der Waals surface area contributed by atoms with Crippen LogP contribution in [0.1, 0.15) is 12.0 Å². The van der Waals surface area contributed by atoms with Crippen molar-refractivity contribution in [2.75, 3.05) is 20.2 Å². The van der Waals surface area contributed by atoms with E-state index in [9.17, 15) is 14.0 Å². The van der Waals surface area contributed by atoms with E-state index in [1.165, 1.54) is 19.2 Å². The summed E-state index contributed by atoms with van der Waals surface area (Å²) in [6.07, 6.45) is 0.304. The second-order valence-corrected chi connectivity index (χ2v) is 5.17. The molecule has 20 heavy (non-hydrogen) atoms. The van der Waals surface area contributed by atoms with Crippen molar-refractivity contribution in [2.24, 2.45) is 5.92 Å². The van der Waals surface area contributed by atoms with E-state index >= 15 is 0 Å². The van der Waals surface area contributed by atoms with Gasteiger partial charge in [0.1, 0.15) is 17.5 Å². The van der Waals surface area contributed by atoms with Crippen molar-refractivity contribution >= 4 is 23.4 Å². The number of piperidine rings is 1. The topological polar surface area (TPSA) is 46.6 Å². The van der Waals surface area contributed by atoms with Crippen molar-refractivity contribution in [2.45, 2.75) is 13.0 Å². The first-order valence-electron chi connectivity index (χ1n) is 6.28. The summed E-state index contributed by atoms with van der Waals surface area (Å²) in [5, 5.41) is 0.344. The fraction of sp³-hybridized carbons (Fsp3) is 0.429. The van der Waals surface area contributed by atoms with Crippen LogP contribution in [0.2, 0.25) is 5.02 Å². The van der Waals surface area contributed by atoms with E-state index in [1.807, 2.05) is 4.90 Å². The lowest BCUT2D eigenvalue weighted by atomic mass is 9.96. The van der Waals surface area contributed by atoms with Crippen LogP contribution >= 0.6 is 11.6 Å². The Balaban J connectivity index is 2.06. The van der Waals surface area contributed by atoms with Gasteiger partial charge >= 0.3 is 5.97 Å². The molecule has 4 nitrogen and oxygen atoms in total. The molecule has 108 valence electrons. The molecule has 1 unspecified atom stereocenters. The Morgan fingerprint density at radius 1 is 1.55 bits per heavy atom. The molecule has 1 aromatic rings. The van der Waals surface area contributed by atoms with Crippen molar-refractivity contribution in [3.05, 3.63) is 34.6 Å². The fourth-order valence-corrected chi connectivity index (χ4v) is 2.50. The number of methoxy groups -OCH3 is 1. The quantitative estimate of drug-likeness (QED) is 0.633. The normalized spacial score (nSPS) is 19.9. The Morgan fingerprint density at radius 2 is 2.30 bits per heavy atom. The van der Waals surface area contributed by atoms with Gasteiger partial charge in [-0.3, -0.25) is 14.5 Å². The Labute approximate surface area is 121 Å². The molecule has 1 atom stereocenters. The first kappa shape index (κ1) is 14.9. The second-order valence-electron chi connectivity index (χ2n) is 4.76. The number of ketones is 1. The van der Waals surface area contributed by atoms with Gasteiger partial charge < -0.3 is 4.74 Å². The summed E-state index contributed by atoms with van der Waals surface area (Å²) in [5.41, 5.74) is 0.769. The van der Waals surface area contributed by atoms with E-state index in [0.717, 1.165) is 5.56 Å². The monoisotopic (exact) mass is 299 g/mol. The highest BCUT2D eigenvalue weighted by Crippen LogP contribution is 2.22. The largest absolute Gasteiger partial charge is 0.468 e. The lowest BCUT2D eigenvalue weighted by Gasteiger charge is -2.30. The number of likely N-dealkylation sites (tertiary alicyclic amines) is 1. The number of hydrogen-bond acceptors (Lipinski definition) is 4. The molecule has 0 aromatic heterocycles. The molecule has 0 bridgehead atoms. The number of carbonyl (C=O) groups excluding carboxylic acids is 2. The van der Waals surface area contributed by atoms with Crippen LogP contribution in [0.4, 0.5) is 4.39 Å². The second kappa shape index (κ2) is 6.33. The van der Waals surface area contributed by atoms with Gasteiger partial charge in [0, 0.05) is 31.1 Å².